The van der Waals surface area contributed by atoms with E-state index in [1.807, 2.05) is 67.2 Å². The van der Waals surface area contributed by atoms with E-state index in [1.54, 1.807) is 0 Å². The number of nitrogens with one attached hydrogen (secondary N) is 2. The molecule has 0 saturated carbocycles. The molecular weight excluding hydrogens is 376 g/mol. The number of benzene rings is 2. The minimum absolute atomic E-state index is 0.0126. The van der Waals surface area contributed by atoms with Crippen LogP contribution in [0, 0.1) is 6.92 Å². The molecule has 0 saturated heterocycles. The molecule has 6 heteroatoms. The standard InChI is InChI=1S/C24H28N4O2/c1-16-22(19-10-6-7-11-20(19)26-16)23-17-8-4-5-9-18(17)24(30)28(23)14-12-21(29)25-13-15-27(2)3/h4-11,23,26H,12-15H2,1-3H3,(H,25,29). The summed E-state index contributed by atoms with van der Waals surface area (Å²) in [6, 6.07) is 15.7. The predicted molar refractivity (Wildman–Crippen MR) is 119 cm³/mol. The second kappa shape index (κ2) is 8.32. The minimum Gasteiger partial charge on any atom is -0.358 e. The van der Waals surface area contributed by atoms with Crippen molar-refractivity contribution in [2.24, 2.45) is 0 Å². The number of rotatable bonds is 7. The van der Waals surface area contributed by atoms with Gasteiger partial charge in [-0.1, -0.05) is 36.4 Å². The van der Waals surface area contributed by atoms with Crippen LogP contribution in [0.2, 0.25) is 0 Å². The van der Waals surface area contributed by atoms with Gasteiger partial charge in [-0.2, -0.15) is 0 Å². The van der Waals surface area contributed by atoms with Gasteiger partial charge in [-0.15, -0.1) is 0 Å². The van der Waals surface area contributed by atoms with Crippen LogP contribution < -0.4 is 5.32 Å². The summed E-state index contributed by atoms with van der Waals surface area (Å²) in [5, 5.41) is 4.06. The summed E-state index contributed by atoms with van der Waals surface area (Å²) in [7, 11) is 3.95. The molecule has 2 aromatic carbocycles. The van der Waals surface area contributed by atoms with E-state index < -0.39 is 0 Å². The summed E-state index contributed by atoms with van der Waals surface area (Å²) in [6.07, 6.45) is 0.283. The molecule has 6 nitrogen and oxygen atoms in total. The molecule has 0 spiro atoms. The molecule has 1 atom stereocenters. The SMILES string of the molecule is Cc1[nH]c2ccccc2c1C1c2ccccc2C(=O)N1CCC(=O)NCCN(C)C. The van der Waals surface area contributed by atoms with Crippen molar-refractivity contribution in [3.05, 3.63) is 70.9 Å². The van der Waals surface area contributed by atoms with Crippen molar-refractivity contribution < 1.29 is 9.59 Å². The van der Waals surface area contributed by atoms with Gasteiger partial charge in [-0.05, 0) is 38.7 Å². The molecule has 30 heavy (non-hydrogen) atoms. The van der Waals surface area contributed by atoms with Gasteiger partial charge in [0.25, 0.3) is 5.91 Å². The first-order valence-electron chi connectivity index (χ1n) is 10.4. The molecule has 0 aliphatic carbocycles. The Morgan fingerprint density at radius 3 is 2.67 bits per heavy atom. The number of fused-ring (bicyclic) bond motifs is 2. The van der Waals surface area contributed by atoms with Gasteiger partial charge in [0.15, 0.2) is 0 Å². The zero-order valence-corrected chi connectivity index (χ0v) is 17.7. The highest BCUT2D eigenvalue weighted by atomic mass is 16.2. The van der Waals surface area contributed by atoms with Crippen LogP contribution >= 0.6 is 0 Å². The van der Waals surface area contributed by atoms with Crippen LogP contribution in [0.5, 0.6) is 0 Å². The van der Waals surface area contributed by atoms with Crippen LogP contribution in [0.4, 0.5) is 0 Å². The van der Waals surface area contributed by atoms with Crippen molar-refractivity contribution in [1.82, 2.24) is 20.1 Å². The average molecular weight is 405 g/mol. The van der Waals surface area contributed by atoms with Crippen LogP contribution in [-0.2, 0) is 4.79 Å². The first-order valence-corrected chi connectivity index (χ1v) is 10.4. The number of aromatic nitrogens is 1. The normalized spacial score (nSPS) is 15.8. The largest absolute Gasteiger partial charge is 0.358 e. The predicted octanol–water partition coefficient (Wildman–Crippen LogP) is 3.09. The Labute approximate surface area is 176 Å². The highest BCUT2D eigenvalue weighted by Gasteiger charge is 2.39. The summed E-state index contributed by atoms with van der Waals surface area (Å²) in [5.41, 5.74) is 4.94. The minimum atomic E-state index is -0.195. The Balaban J connectivity index is 1.63. The lowest BCUT2D eigenvalue weighted by molar-refractivity contribution is -0.121. The van der Waals surface area contributed by atoms with E-state index in [0.29, 0.717) is 13.1 Å². The third-order valence-electron chi connectivity index (χ3n) is 5.74. The van der Waals surface area contributed by atoms with Crippen molar-refractivity contribution in [3.8, 4) is 0 Å². The van der Waals surface area contributed by atoms with E-state index in [1.165, 1.54) is 0 Å². The van der Waals surface area contributed by atoms with Gasteiger partial charge in [-0.3, -0.25) is 9.59 Å². The van der Waals surface area contributed by atoms with Crippen molar-refractivity contribution in [1.29, 1.82) is 0 Å². The van der Waals surface area contributed by atoms with Crippen LogP contribution in [0.25, 0.3) is 10.9 Å². The average Bonchev–Trinajstić information content (AvgIpc) is 3.19. The van der Waals surface area contributed by atoms with Gasteiger partial charge in [0, 0.05) is 53.8 Å². The molecular formula is C24H28N4O2. The summed E-state index contributed by atoms with van der Waals surface area (Å²) in [5.74, 6) is -0.0450. The second-order valence-corrected chi connectivity index (χ2v) is 8.10. The molecule has 4 rings (SSSR count). The fourth-order valence-corrected chi connectivity index (χ4v) is 4.29. The summed E-state index contributed by atoms with van der Waals surface area (Å²) in [6.45, 7) is 3.82. The van der Waals surface area contributed by atoms with Crippen molar-refractivity contribution in [2.75, 3.05) is 33.7 Å². The van der Waals surface area contributed by atoms with E-state index in [4.69, 9.17) is 0 Å². The lowest BCUT2D eigenvalue weighted by Crippen LogP contribution is -2.36. The quantitative estimate of drug-likeness (QED) is 0.636. The van der Waals surface area contributed by atoms with Gasteiger partial charge in [0.05, 0.1) is 6.04 Å². The molecule has 0 fully saturated rings. The number of H-pyrrole nitrogens is 1. The molecule has 156 valence electrons. The Morgan fingerprint density at radius 2 is 1.87 bits per heavy atom. The van der Waals surface area contributed by atoms with Gasteiger partial charge in [-0.25, -0.2) is 0 Å². The fraction of sp³-hybridized carbons (Fsp3) is 0.333. The number of aromatic amines is 1. The van der Waals surface area contributed by atoms with Crippen LogP contribution in [0.1, 0.15) is 39.6 Å². The van der Waals surface area contributed by atoms with E-state index in [-0.39, 0.29) is 24.3 Å². The number of aryl methyl sites for hydroxylation is 1. The molecule has 1 aliphatic heterocycles. The number of hydrogen-bond acceptors (Lipinski definition) is 3. The van der Waals surface area contributed by atoms with E-state index in [0.717, 1.165) is 39.8 Å². The van der Waals surface area contributed by atoms with E-state index in [9.17, 15) is 9.59 Å². The summed E-state index contributed by atoms with van der Waals surface area (Å²) in [4.78, 5) is 32.9. The number of likely N-dealkylation sites (N-methyl/N-ethyl adjacent to an activating group) is 1. The van der Waals surface area contributed by atoms with Gasteiger partial charge in [0.1, 0.15) is 0 Å². The van der Waals surface area contributed by atoms with Crippen molar-refractivity contribution in [2.45, 2.75) is 19.4 Å². The lowest BCUT2D eigenvalue weighted by Gasteiger charge is -2.26. The zero-order chi connectivity index (χ0) is 21.3. The Hall–Kier alpha value is -3.12. The highest BCUT2D eigenvalue weighted by molar-refractivity contribution is 6.01. The van der Waals surface area contributed by atoms with Crippen LogP contribution in [0.3, 0.4) is 0 Å². The molecule has 0 bridgehead atoms. The third-order valence-corrected chi connectivity index (χ3v) is 5.74. The number of para-hydroxylation sites is 1. The molecule has 1 aromatic heterocycles. The number of nitrogens with zero attached hydrogens (tertiary/aromatic N) is 2. The monoisotopic (exact) mass is 404 g/mol. The number of carbonyl (C=O) groups excluding carboxylic acids is 2. The van der Waals surface area contributed by atoms with Crippen LogP contribution in [-0.4, -0.2) is 60.3 Å². The van der Waals surface area contributed by atoms with Crippen molar-refractivity contribution in [3.63, 3.8) is 0 Å². The van der Waals surface area contributed by atoms with E-state index >= 15 is 0 Å². The maximum atomic E-state index is 13.2. The Morgan fingerprint density at radius 1 is 1.13 bits per heavy atom. The van der Waals surface area contributed by atoms with Crippen molar-refractivity contribution >= 4 is 22.7 Å². The summed E-state index contributed by atoms with van der Waals surface area (Å²) >= 11 is 0. The topological polar surface area (TPSA) is 68.4 Å². The Kier molecular flexibility index (Phi) is 5.59. The molecule has 2 amide bonds. The Bertz CT molecular complexity index is 1090. The maximum Gasteiger partial charge on any atom is 0.255 e. The first-order chi connectivity index (χ1) is 14.5. The lowest BCUT2D eigenvalue weighted by atomic mass is 9.95. The maximum absolute atomic E-state index is 13.2. The van der Waals surface area contributed by atoms with Gasteiger partial charge >= 0.3 is 0 Å². The molecule has 1 unspecified atom stereocenters. The fourth-order valence-electron chi connectivity index (χ4n) is 4.29. The molecule has 2 N–H and O–H groups in total. The second-order valence-electron chi connectivity index (χ2n) is 8.10. The highest BCUT2D eigenvalue weighted by Crippen LogP contribution is 2.42. The first kappa shape index (κ1) is 20.2. The van der Waals surface area contributed by atoms with Gasteiger partial charge in [0.2, 0.25) is 5.91 Å². The zero-order valence-electron chi connectivity index (χ0n) is 17.7. The molecule has 2 heterocycles. The van der Waals surface area contributed by atoms with Crippen LogP contribution in [0.15, 0.2) is 48.5 Å². The molecule has 3 aromatic rings. The number of hydrogen-bond donors (Lipinski definition) is 2. The number of carbonyl (C=O) groups is 2. The third kappa shape index (κ3) is 3.71. The molecule has 1 aliphatic rings. The number of amides is 2. The molecule has 0 radical (unpaired) electrons. The van der Waals surface area contributed by atoms with E-state index in [2.05, 4.69) is 22.4 Å². The smallest absolute Gasteiger partial charge is 0.255 e. The summed E-state index contributed by atoms with van der Waals surface area (Å²) < 4.78 is 0. The van der Waals surface area contributed by atoms with Gasteiger partial charge < -0.3 is 20.1 Å².